The van der Waals surface area contributed by atoms with Crippen LogP contribution >= 0.6 is 11.3 Å². The summed E-state index contributed by atoms with van der Waals surface area (Å²) in [6, 6.07) is 0.544. The van der Waals surface area contributed by atoms with E-state index in [2.05, 4.69) is 27.5 Å². The van der Waals surface area contributed by atoms with Crippen LogP contribution in [0.5, 0.6) is 0 Å². The van der Waals surface area contributed by atoms with Crippen LogP contribution in [0.3, 0.4) is 0 Å². The van der Waals surface area contributed by atoms with Gasteiger partial charge in [-0.2, -0.15) is 0 Å². The van der Waals surface area contributed by atoms with Crippen molar-refractivity contribution in [1.82, 2.24) is 20.1 Å². The minimum Gasteiger partial charge on any atom is -0.348 e. The summed E-state index contributed by atoms with van der Waals surface area (Å²) in [5, 5.41) is 6.37. The third kappa shape index (κ3) is 3.99. The molecule has 1 saturated heterocycles. The molecule has 1 N–H and O–H groups in total. The monoisotopic (exact) mass is 282 g/mol. The number of carbonyl (C=O) groups excluding carboxylic acids is 1. The van der Waals surface area contributed by atoms with Gasteiger partial charge in [0.25, 0.3) is 0 Å². The number of thiazole rings is 1. The van der Waals surface area contributed by atoms with Gasteiger partial charge in [0.15, 0.2) is 0 Å². The molecule has 1 fully saturated rings. The quantitative estimate of drug-likeness (QED) is 0.877. The Kier molecular flexibility index (Phi) is 4.90. The summed E-state index contributed by atoms with van der Waals surface area (Å²) in [5.41, 5.74) is 1.08. The second-order valence-electron chi connectivity index (χ2n) is 5.22. The molecule has 5 nitrogen and oxygen atoms in total. The molecule has 1 aliphatic rings. The summed E-state index contributed by atoms with van der Waals surface area (Å²) in [4.78, 5) is 20.3. The Hall–Kier alpha value is -0.980. The van der Waals surface area contributed by atoms with Gasteiger partial charge in [0.05, 0.1) is 12.1 Å². The van der Waals surface area contributed by atoms with E-state index in [1.807, 2.05) is 0 Å². The fourth-order valence-electron chi connectivity index (χ4n) is 2.12. The van der Waals surface area contributed by atoms with Crippen molar-refractivity contribution < 1.29 is 4.79 Å². The lowest BCUT2D eigenvalue weighted by molar-refractivity contribution is -0.127. The predicted molar refractivity (Wildman–Crippen MR) is 77.3 cm³/mol. The van der Waals surface area contributed by atoms with Crippen LogP contribution in [0.25, 0.3) is 0 Å². The number of carbonyl (C=O) groups is 1. The molecule has 0 aliphatic carbocycles. The van der Waals surface area contributed by atoms with E-state index in [1.54, 1.807) is 30.3 Å². The minimum absolute atomic E-state index is 0.108. The van der Waals surface area contributed by atoms with Gasteiger partial charge in [0.1, 0.15) is 5.01 Å². The first-order valence-corrected chi connectivity index (χ1v) is 7.52. The number of rotatable bonds is 4. The Morgan fingerprint density at radius 1 is 1.63 bits per heavy atom. The Morgan fingerprint density at radius 3 is 3.11 bits per heavy atom. The van der Waals surface area contributed by atoms with Crippen molar-refractivity contribution >= 4 is 17.2 Å². The molecule has 0 spiro atoms. The summed E-state index contributed by atoms with van der Waals surface area (Å²) in [6.07, 6.45) is 0.411. The van der Waals surface area contributed by atoms with Gasteiger partial charge in [-0.1, -0.05) is 0 Å². The van der Waals surface area contributed by atoms with Crippen molar-refractivity contribution in [2.75, 3.05) is 33.7 Å². The first-order chi connectivity index (χ1) is 9.06. The number of aromatic nitrogens is 1. The van der Waals surface area contributed by atoms with E-state index >= 15 is 0 Å². The lowest BCUT2D eigenvalue weighted by atomic mass is 10.2. The van der Waals surface area contributed by atoms with Crippen molar-refractivity contribution in [3.05, 3.63) is 16.1 Å². The highest BCUT2D eigenvalue weighted by Gasteiger charge is 2.19. The third-order valence-electron chi connectivity index (χ3n) is 3.40. The number of hydrogen-bond acceptors (Lipinski definition) is 5. The Bertz CT molecular complexity index is 432. The summed E-state index contributed by atoms with van der Waals surface area (Å²) in [5.74, 6) is 0.108. The summed E-state index contributed by atoms with van der Waals surface area (Å²) in [7, 11) is 3.55. The zero-order valence-corrected chi connectivity index (χ0v) is 12.7. The Labute approximate surface area is 118 Å². The fraction of sp³-hybridized carbons (Fsp3) is 0.692. The van der Waals surface area contributed by atoms with Gasteiger partial charge in [0, 0.05) is 51.7 Å². The summed E-state index contributed by atoms with van der Waals surface area (Å²) < 4.78 is 0. The van der Waals surface area contributed by atoms with E-state index in [0.29, 0.717) is 12.5 Å². The molecule has 106 valence electrons. The van der Waals surface area contributed by atoms with Gasteiger partial charge >= 0.3 is 0 Å². The van der Waals surface area contributed by atoms with Crippen LogP contribution in [-0.4, -0.2) is 60.5 Å². The van der Waals surface area contributed by atoms with E-state index in [4.69, 9.17) is 0 Å². The standard InChI is InChI=1S/C13H22N4OS/c1-10-7-14-4-5-17(10)8-11-9-19-12(15-11)6-13(18)16(2)3/h9-10,14H,4-8H2,1-3H3. The van der Waals surface area contributed by atoms with Gasteiger partial charge in [-0.05, 0) is 6.92 Å². The van der Waals surface area contributed by atoms with Gasteiger partial charge < -0.3 is 10.2 Å². The predicted octanol–water partition coefficient (Wildman–Crippen LogP) is 0.567. The first kappa shape index (κ1) is 14.4. The second-order valence-corrected chi connectivity index (χ2v) is 6.16. The van der Waals surface area contributed by atoms with Crippen LogP contribution in [0.4, 0.5) is 0 Å². The molecule has 0 saturated carbocycles. The maximum absolute atomic E-state index is 11.6. The molecule has 19 heavy (non-hydrogen) atoms. The molecular formula is C13H22N4OS. The highest BCUT2D eigenvalue weighted by Crippen LogP contribution is 2.15. The average molecular weight is 282 g/mol. The molecule has 6 heteroatoms. The molecule has 0 bridgehead atoms. The van der Waals surface area contributed by atoms with Gasteiger partial charge in [-0.15, -0.1) is 11.3 Å². The topological polar surface area (TPSA) is 48.5 Å². The minimum atomic E-state index is 0.108. The second kappa shape index (κ2) is 6.45. The fourth-order valence-corrected chi connectivity index (χ4v) is 2.89. The zero-order chi connectivity index (χ0) is 13.8. The van der Waals surface area contributed by atoms with Crippen LogP contribution in [0, 0.1) is 0 Å². The number of piperazine rings is 1. The molecular weight excluding hydrogens is 260 g/mol. The molecule has 0 aromatic carbocycles. The third-order valence-corrected chi connectivity index (χ3v) is 4.30. The molecule has 1 aliphatic heterocycles. The van der Waals surface area contributed by atoms with Gasteiger partial charge in [-0.3, -0.25) is 9.69 Å². The Balaban J connectivity index is 1.91. The van der Waals surface area contributed by atoms with Crippen LogP contribution < -0.4 is 5.32 Å². The molecule has 1 aromatic heterocycles. The number of nitrogens with one attached hydrogen (secondary N) is 1. The van der Waals surface area contributed by atoms with Gasteiger partial charge in [0.2, 0.25) is 5.91 Å². The largest absolute Gasteiger partial charge is 0.348 e. The van der Waals surface area contributed by atoms with E-state index in [9.17, 15) is 4.79 Å². The smallest absolute Gasteiger partial charge is 0.228 e. The zero-order valence-electron chi connectivity index (χ0n) is 11.8. The van der Waals surface area contributed by atoms with E-state index in [0.717, 1.165) is 36.9 Å². The average Bonchev–Trinajstić information content (AvgIpc) is 2.79. The van der Waals surface area contributed by atoms with Crippen LogP contribution in [-0.2, 0) is 17.8 Å². The lowest BCUT2D eigenvalue weighted by Gasteiger charge is -2.33. The molecule has 1 unspecified atom stereocenters. The van der Waals surface area contributed by atoms with Crippen LogP contribution in [0.1, 0.15) is 17.6 Å². The maximum atomic E-state index is 11.6. The van der Waals surface area contributed by atoms with Crippen molar-refractivity contribution in [1.29, 1.82) is 0 Å². The highest BCUT2D eigenvalue weighted by atomic mass is 32.1. The molecule has 1 amide bonds. The van der Waals surface area contributed by atoms with Crippen molar-refractivity contribution in [2.24, 2.45) is 0 Å². The van der Waals surface area contributed by atoms with E-state index in [1.165, 1.54) is 0 Å². The lowest BCUT2D eigenvalue weighted by Crippen LogP contribution is -2.49. The molecule has 0 radical (unpaired) electrons. The number of nitrogens with zero attached hydrogens (tertiary/aromatic N) is 3. The van der Waals surface area contributed by atoms with Crippen molar-refractivity contribution in [2.45, 2.75) is 25.9 Å². The summed E-state index contributed by atoms with van der Waals surface area (Å²) in [6.45, 7) is 6.26. The van der Waals surface area contributed by atoms with Crippen LogP contribution in [0.2, 0.25) is 0 Å². The number of likely N-dealkylation sites (N-methyl/N-ethyl adjacent to an activating group) is 1. The number of amides is 1. The Morgan fingerprint density at radius 2 is 2.42 bits per heavy atom. The van der Waals surface area contributed by atoms with Crippen LogP contribution in [0.15, 0.2) is 5.38 Å². The molecule has 1 atom stereocenters. The SMILES string of the molecule is CC1CNCCN1Cc1csc(CC(=O)N(C)C)n1. The first-order valence-electron chi connectivity index (χ1n) is 6.64. The molecule has 2 heterocycles. The van der Waals surface area contributed by atoms with Gasteiger partial charge in [-0.25, -0.2) is 4.98 Å². The van der Waals surface area contributed by atoms with E-state index < -0.39 is 0 Å². The van der Waals surface area contributed by atoms with Crippen molar-refractivity contribution in [3.8, 4) is 0 Å². The van der Waals surface area contributed by atoms with Crippen molar-refractivity contribution in [3.63, 3.8) is 0 Å². The maximum Gasteiger partial charge on any atom is 0.228 e. The number of hydrogen-bond donors (Lipinski definition) is 1. The normalized spacial score (nSPS) is 20.5. The van der Waals surface area contributed by atoms with E-state index in [-0.39, 0.29) is 5.91 Å². The highest BCUT2D eigenvalue weighted by molar-refractivity contribution is 7.09. The molecule has 1 aromatic rings. The molecule has 2 rings (SSSR count). The summed E-state index contributed by atoms with van der Waals surface area (Å²) >= 11 is 1.58.